The van der Waals surface area contributed by atoms with Crippen LogP contribution in [0.15, 0.2) is 41.2 Å². The van der Waals surface area contributed by atoms with Gasteiger partial charge in [0, 0.05) is 17.7 Å². The van der Waals surface area contributed by atoms with Gasteiger partial charge in [-0.25, -0.2) is 4.68 Å². The first kappa shape index (κ1) is 14.3. The van der Waals surface area contributed by atoms with Crippen LogP contribution in [0.1, 0.15) is 24.5 Å². The Labute approximate surface area is 127 Å². The number of amides is 1. The van der Waals surface area contributed by atoms with E-state index in [4.69, 9.17) is 4.74 Å². The first-order valence-electron chi connectivity index (χ1n) is 7.17. The molecule has 0 radical (unpaired) electrons. The maximum atomic E-state index is 12.0. The van der Waals surface area contributed by atoms with Gasteiger partial charge >= 0.3 is 0 Å². The summed E-state index contributed by atoms with van der Waals surface area (Å²) in [6.07, 6.45) is 2.20. The van der Waals surface area contributed by atoms with Gasteiger partial charge in [0.15, 0.2) is 0 Å². The summed E-state index contributed by atoms with van der Waals surface area (Å²) in [6, 6.07) is 10.2. The van der Waals surface area contributed by atoms with Gasteiger partial charge in [0.05, 0.1) is 12.8 Å². The lowest BCUT2D eigenvalue weighted by molar-refractivity contribution is -0.117. The van der Waals surface area contributed by atoms with Crippen molar-refractivity contribution in [3.05, 3.63) is 52.4 Å². The van der Waals surface area contributed by atoms with Gasteiger partial charge in [-0.05, 0) is 43.2 Å². The van der Waals surface area contributed by atoms with Gasteiger partial charge < -0.3 is 10.1 Å². The van der Waals surface area contributed by atoms with Crippen LogP contribution < -0.4 is 15.6 Å². The number of carbonyl (C=O) groups is 1. The standard InChI is InChI=1S/C16H17N3O3/c1-22-13-6-4-12(5-7-13)17-15(20)10-19-16(21)9-8-14(18-19)11-2-3-11/h4-9,11H,2-3,10H2,1H3,(H,17,20). The molecule has 1 aliphatic carbocycles. The van der Waals surface area contributed by atoms with Crippen LogP contribution in [-0.4, -0.2) is 22.8 Å². The van der Waals surface area contributed by atoms with Crippen molar-refractivity contribution in [1.29, 1.82) is 0 Å². The molecule has 0 bridgehead atoms. The van der Waals surface area contributed by atoms with Crippen LogP contribution in [0.25, 0.3) is 0 Å². The zero-order chi connectivity index (χ0) is 15.5. The highest BCUT2D eigenvalue weighted by Gasteiger charge is 2.25. The van der Waals surface area contributed by atoms with Gasteiger partial charge in [0.25, 0.3) is 5.56 Å². The summed E-state index contributed by atoms with van der Waals surface area (Å²) in [6.45, 7) is -0.0918. The number of nitrogens with zero attached hydrogens (tertiary/aromatic N) is 2. The summed E-state index contributed by atoms with van der Waals surface area (Å²) in [5, 5.41) is 7.01. The van der Waals surface area contributed by atoms with Crippen molar-refractivity contribution in [2.75, 3.05) is 12.4 Å². The van der Waals surface area contributed by atoms with Crippen molar-refractivity contribution in [2.24, 2.45) is 0 Å². The summed E-state index contributed by atoms with van der Waals surface area (Å²) >= 11 is 0. The molecule has 1 saturated carbocycles. The monoisotopic (exact) mass is 299 g/mol. The molecule has 0 spiro atoms. The summed E-state index contributed by atoms with van der Waals surface area (Å²) in [5.74, 6) is 0.872. The second kappa shape index (κ2) is 6.01. The van der Waals surface area contributed by atoms with Gasteiger partial charge in [-0.2, -0.15) is 5.10 Å². The molecule has 1 heterocycles. The Morgan fingerprint density at radius 3 is 2.64 bits per heavy atom. The lowest BCUT2D eigenvalue weighted by Gasteiger charge is -2.08. The molecule has 0 saturated heterocycles. The second-order valence-electron chi connectivity index (χ2n) is 5.31. The average molecular weight is 299 g/mol. The number of hydrogen-bond donors (Lipinski definition) is 1. The first-order chi connectivity index (χ1) is 10.7. The molecule has 1 aromatic carbocycles. The van der Waals surface area contributed by atoms with Crippen molar-refractivity contribution in [3.63, 3.8) is 0 Å². The minimum atomic E-state index is -0.285. The van der Waals surface area contributed by atoms with Crippen LogP contribution in [0.3, 0.4) is 0 Å². The van der Waals surface area contributed by atoms with Gasteiger partial charge in [-0.3, -0.25) is 9.59 Å². The number of hydrogen-bond acceptors (Lipinski definition) is 4. The van der Waals surface area contributed by atoms with Crippen LogP contribution in [-0.2, 0) is 11.3 Å². The number of carbonyl (C=O) groups excluding carboxylic acids is 1. The van der Waals surface area contributed by atoms with E-state index in [-0.39, 0.29) is 18.0 Å². The summed E-state index contributed by atoms with van der Waals surface area (Å²) in [7, 11) is 1.58. The van der Waals surface area contributed by atoms with Crippen molar-refractivity contribution in [1.82, 2.24) is 9.78 Å². The van der Waals surface area contributed by atoms with Crippen LogP contribution in [0.2, 0.25) is 0 Å². The molecule has 1 fully saturated rings. The van der Waals surface area contributed by atoms with Crippen molar-refractivity contribution in [3.8, 4) is 5.75 Å². The van der Waals surface area contributed by atoms with Crippen LogP contribution in [0.4, 0.5) is 5.69 Å². The number of nitrogens with one attached hydrogen (secondary N) is 1. The third-order valence-electron chi connectivity index (χ3n) is 3.55. The molecule has 3 rings (SSSR count). The first-order valence-corrected chi connectivity index (χ1v) is 7.17. The fourth-order valence-corrected chi connectivity index (χ4v) is 2.19. The van der Waals surface area contributed by atoms with Gasteiger partial charge in [0.2, 0.25) is 5.91 Å². The number of benzene rings is 1. The molecule has 0 aliphatic heterocycles. The Morgan fingerprint density at radius 2 is 2.00 bits per heavy atom. The van der Waals surface area contributed by atoms with Crippen molar-refractivity contribution in [2.45, 2.75) is 25.3 Å². The molecular weight excluding hydrogens is 282 g/mol. The smallest absolute Gasteiger partial charge is 0.267 e. The zero-order valence-corrected chi connectivity index (χ0v) is 12.3. The number of ether oxygens (including phenoxy) is 1. The number of aromatic nitrogens is 2. The topological polar surface area (TPSA) is 73.2 Å². The molecule has 6 nitrogen and oxygen atoms in total. The third kappa shape index (κ3) is 3.33. The van der Waals surface area contributed by atoms with Gasteiger partial charge in [-0.15, -0.1) is 0 Å². The maximum absolute atomic E-state index is 12.0. The quantitative estimate of drug-likeness (QED) is 0.913. The maximum Gasteiger partial charge on any atom is 0.267 e. The van der Waals surface area contributed by atoms with E-state index in [1.165, 1.54) is 10.7 Å². The highest BCUT2D eigenvalue weighted by Crippen LogP contribution is 2.38. The lowest BCUT2D eigenvalue weighted by Crippen LogP contribution is -2.29. The van der Waals surface area contributed by atoms with Crippen molar-refractivity contribution >= 4 is 11.6 Å². The van der Waals surface area contributed by atoms with Crippen LogP contribution in [0.5, 0.6) is 5.75 Å². The van der Waals surface area contributed by atoms with Crippen LogP contribution in [0, 0.1) is 0 Å². The Bertz CT molecular complexity index is 733. The molecule has 1 aromatic heterocycles. The fraction of sp³-hybridized carbons (Fsp3) is 0.312. The second-order valence-corrected chi connectivity index (χ2v) is 5.31. The van der Waals surface area contributed by atoms with E-state index in [9.17, 15) is 9.59 Å². The molecule has 0 atom stereocenters. The predicted molar refractivity (Wildman–Crippen MR) is 82.1 cm³/mol. The Morgan fingerprint density at radius 1 is 1.27 bits per heavy atom. The molecule has 0 unspecified atom stereocenters. The fourth-order valence-electron chi connectivity index (χ4n) is 2.19. The van der Waals surface area contributed by atoms with E-state index in [2.05, 4.69) is 10.4 Å². The molecule has 1 amide bonds. The highest BCUT2D eigenvalue weighted by molar-refractivity contribution is 5.90. The van der Waals surface area contributed by atoms with E-state index in [0.717, 1.165) is 18.5 Å². The molecule has 114 valence electrons. The third-order valence-corrected chi connectivity index (χ3v) is 3.55. The number of anilines is 1. The summed E-state index contributed by atoms with van der Waals surface area (Å²) < 4.78 is 6.27. The van der Waals surface area contributed by atoms with Gasteiger partial charge in [0.1, 0.15) is 12.3 Å². The normalized spacial score (nSPS) is 13.7. The molecule has 2 aromatic rings. The average Bonchev–Trinajstić information content (AvgIpc) is 3.35. The lowest BCUT2D eigenvalue weighted by atomic mass is 10.3. The van der Waals surface area contributed by atoms with E-state index >= 15 is 0 Å². The molecule has 22 heavy (non-hydrogen) atoms. The van der Waals surface area contributed by atoms with E-state index < -0.39 is 0 Å². The highest BCUT2D eigenvalue weighted by atomic mass is 16.5. The predicted octanol–water partition coefficient (Wildman–Crippen LogP) is 1.77. The zero-order valence-electron chi connectivity index (χ0n) is 12.3. The Balaban J connectivity index is 1.68. The number of methoxy groups -OCH3 is 1. The van der Waals surface area contributed by atoms with E-state index in [1.54, 1.807) is 37.4 Å². The minimum Gasteiger partial charge on any atom is -0.497 e. The Kier molecular flexibility index (Phi) is 3.91. The van der Waals surface area contributed by atoms with Crippen molar-refractivity contribution < 1.29 is 9.53 Å². The van der Waals surface area contributed by atoms with E-state index in [0.29, 0.717) is 17.4 Å². The molecule has 1 N–H and O–H groups in total. The van der Waals surface area contributed by atoms with E-state index in [1.807, 2.05) is 0 Å². The Hall–Kier alpha value is -2.63. The number of rotatable bonds is 5. The molecule has 1 aliphatic rings. The molecule has 6 heteroatoms. The largest absolute Gasteiger partial charge is 0.497 e. The van der Waals surface area contributed by atoms with Crippen LogP contribution >= 0.6 is 0 Å². The van der Waals surface area contributed by atoms with Gasteiger partial charge in [-0.1, -0.05) is 0 Å². The summed E-state index contributed by atoms with van der Waals surface area (Å²) in [4.78, 5) is 23.8. The SMILES string of the molecule is COc1ccc(NC(=O)Cn2nc(C3CC3)ccc2=O)cc1. The summed E-state index contributed by atoms with van der Waals surface area (Å²) in [5.41, 5.74) is 1.27. The molecular formula is C16H17N3O3. The minimum absolute atomic E-state index is 0.0918.